The second-order valence-corrected chi connectivity index (χ2v) is 6.28. The Morgan fingerprint density at radius 2 is 2.50 bits per heavy atom. The minimum atomic E-state index is 0.0101. The van der Waals surface area contributed by atoms with Crippen LogP contribution in [0.2, 0.25) is 0 Å². The molecule has 0 aliphatic carbocycles. The van der Waals surface area contributed by atoms with Gasteiger partial charge in [0.15, 0.2) is 16.5 Å². The number of amides is 1. The van der Waals surface area contributed by atoms with Crippen LogP contribution in [0.4, 0.5) is 5.13 Å². The molecular weight excluding hydrogens is 272 g/mol. The number of hydrogen-bond donors (Lipinski definition) is 0. The van der Waals surface area contributed by atoms with Crippen molar-refractivity contribution in [2.24, 2.45) is 5.92 Å². The summed E-state index contributed by atoms with van der Waals surface area (Å²) in [5.41, 5.74) is 0. The van der Waals surface area contributed by atoms with Crippen molar-refractivity contribution >= 4 is 45.5 Å². The number of carbonyl (C=O) groups is 3. The molecule has 1 aromatic rings. The van der Waals surface area contributed by atoms with Crippen LogP contribution >= 0.6 is 23.1 Å². The van der Waals surface area contributed by atoms with Crippen LogP contribution in [0, 0.1) is 5.92 Å². The van der Waals surface area contributed by atoms with Gasteiger partial charge in [-0.1, -0.05) is 23.1 Å². The third kappa shape index (κ3) is 2.97. The van der Waals surface area contributed by atoms with Crippen LogP contribution in [-0.4, -0.2) is 34.6 Å². The van der Waals surface area contributed by atoms with Crippen LogP contribution in [0.15, 0.2) is 6.20 Å². The summed E-state index contributed by atoms with van der Waals surface area (Å²) in [6, 6.07) is 0. The highest BCUT2D eigenvalue weighted by molar-refractivity contribution is 8.13. The van der Waals surface area contributed by atoms with Crippen molar-refractivity contribution in [2.75, 3.05) is 17.2 Å². The van der Waals surface area contributed by atoms with E-state index in [2.05, 4.69) is 4.98 Å². The summed E-state index contributed by atoms with van der Waals surface area (Å²) in [6.07, 6.45) is 2.64. The van der Waals surface area contributed by atoms with Gasteiger partial charge in [-0.15, -0.1) is 0 Å². The van der Waals surface area contributed by atoms with Gasteiger partial charge in [0, 0.05) is 25.6 Å². The number of anilines is 1. The van der Waals surface area contributed by atoms with E-state index in [9.17, 15) is 14.4 Å². The van der Waals surface area contributed by atoms with Crippen molar-refractivity contribution in [1.82, 2.24) is 4.98 Å². The summed E-state index contributed by atoms with van der Waals surface area (Å²) < 4.78 is 0. The van der Waals surface area contributed by atoms with Gasteiger partial charge in [-0.25, -0.2) is 4.98 Å². The molecule has 1 aliphatic heterocycles. The van der Waals surface area contributed by atoms with Gasteiger partial charge in [0.05, 0.1) is 11.1 Å². The average Bonchev–Trinajstić information content (AvgIpc) is 2.92. The Labute approximate surface area is 113 Å². The molecular formula is C11H12N2O3S2. The second-order valence-electron chi connectivity index (χ2n) is 4.04. The predicted octanol–water partition coefficient (Wildman–Crippen LogP) is 1.59. The Morgan fingerprint density at radius 1 is 1.72 bits per heavy atom. The van der Waals surface area contributed by atoms with Gasteiger partial charge in [0.2, 0.25) is 5.91 Å². The topological polar surface area (TPSA) is 67.3 Å². The van der Waals surface area contributed by atoms with Crippen LogP contribution in [0.1, 0.15) is 23.0 Å². The molecule has 2 heterocycles. The third-order valence-electron chi connectivity index (χ3n) is 2.59. The first-order valence-corrected chi connectivity index (χ1v) is 7.25. The Balaban J connectivity index is 2.00. The summed E-state index contributed by atoms with van der Waals surface area (Å²) in [5.74, 6) is 0.842. The van der Waals surface area contributed by atoms with Crippen molar-refractivity contribution in [3.05, 3.63) is 11.1 Å². The van der Waals surface area contributed by atoms with Gasteiger partial charge in [-0.2, -0.15) is 0 Å². The molecule has 0 spiro atoms. The summed E-state index contributed by atoms with van der Waals surface area (Å²) >= 11 is 2.46. The number of hydrogen-bond acceptors (Lipinski definition) is 6. The van der Waals surface area contributed by atoms with E-state index in [4.69, 9.17) is 0 Å². The maximum Gasteiger partial charge on any atom is 0.229 e. The number of carbonyl (C=O) groups excluding carboxylic acids is 3. The van der Waals surface area contributed by atoms with Crippen LogP contribution in [0.3, 0.4) is 0 Å². The molecule has 0 N–H and O–H groups in total. The molecule has 1 atom stereocenters. The molecule has 2 rings (SSSR count). The lowest BCUT2D eigenvalue weighted by Gasteiger charge is -2.12. The molecule has 1 amide bonds. The summed E-state index contributed by atoms with van der Waals surface area (Å²) in [6.45, 7) is 2.10. The lowest BCUT2D eigenvalue weighted by atomic mass is 10.1. The van der Waals surface area contributed by atoms with E-state index in [0.29, 0.717) is 28.7 Å². The van der Waals surface area contributed by atoms with Crippen LogP contribution in [0.5, 0.6) is 0 Å². The number of thiazole rings is 1. The van der Waals surface area contributed by atoms with Gasteiger partial charge in [0.1, 0.15) is 0 Å². The quantitative estimate of drug-likeness (QED) is 0.785. The monoisotopic (exact) mass is 284 g/mol. The Bertz CT molecular complexity index is 486. The van der Waals surface area contributed by atoms with E-state index in [1.165, 1.54) is 36.2 Å². The minimum Gasteiger partial charge on any atom is -0.297 e. The van der Waals surface area contributed by atoms with E-state index < -0.39 is 0 Å². The van der Waals surface area contributed by atoms with E-state index in [-0.39, 0.29) is 16.9 Å². The van der Waals surface area contributed by atoms with Gasteiger partial charge in [-0.05, 0) is 5.92 Å². The second kappa shape index (κ2) is 5.62. The number of aromatic nitrogens is 1. The van der Waals surface area contributed by atoms with Gasteiger partial charge in [0.25, 0.3) is 0 Å². The number of nitrogens with zero attached hydrogens (tertiary/aromatic N) is 2. The molecule has 0 radical (unpaired) electrons. The summed E-state index contributed by atoms with van der Waals surface area (Å²) in [4.78, 5) is 39.5. The first-order valence-electron chi connectivity index (χ1n) is 5.45. The average molecular weight is 284 g/mol. The molecule has 96 valence electrons. The maximum absolute atomic E-state index is 11.8. The van der Waals surface area contributed by atoms with Crippen molar-refractivity contribution in [3.8, 4) is 0 Å². The SMILES string of the molecule is CC(=O)SCC1CC(=O)N(c2ncc(C=O)s2)C1. The molecule has 1 aromatic heterocycles. The highest BCUT2D eigenvalue weighted by atomic mass is 32.2. The fourth-order valence-electron chi connectivity index (χ4n) is 1.77. The molecule has 0 saturated carbocycles. The van der Waals surface area contributed by atoms with Crippen molar-refractivity contribution in [1.29, 1.82) is 0 Å². The Hall–Kier alpha value is -1.21. The first-order chi connectivity index (χ1) is 8.60. The van der Waals surface area contributed by atoms with Crippen LogP contribution < -0.4 is 4.90 Å². The van der Waals surface area contributed by atoms with Gasteiger partial charge < -0.3 is 0 Å². The standard InChI is InChI=1S/C11H12N2O3S2/c1-7(15)17-6-8-2-10(16)13(4-8)11-12-3-9(5-14)18-11/h3,5,8H,2,4,6H2,1H3. The molecule has 18 heavy (non-hydrogen) atoms. The normalized spacial score (nSPS) is 19.3. The lowest BCUT2D eigenvalue weighted by Crippen LogP contribution is -2.24. The summed E-state index contributed by atoms with van der Waals surface area (Å²) in [5, 5.41) is 0.635. The molecule has 1 aliphatic rings. The fourth-order valence-corrected chi connectivity index (χ4v) is 3.22. The maximum atomic E-state index is 11.8. The van der Waals surface area contributed by atoms with Crippen LogP contribution in [0.25, 0.3) is 0 Å². The fraction of sp³-hybridized carbons (Fsp3) is 0.455. The molecule has 1 unspecified atom stereocenters. The molecule has 1 saturated heterocycles. The molecule has 5 nitrogen and oxygen atoms in total. The van der Waals surface area contributed by atoms with Crippen molar-refractivity contribution in [3.63, 3.8) is 0 Å². The van der Waals surface area contributed by atoms with E-state index >= 15 is 0 Å². The zero-order valence-corrected chi connectivity index (χ0v) is 11.4. The highest BCUT2D eigenvalue weighted by Gasteiger charge is 2.32. The molecule has 7 heteroatoms. The Morgan fingerprint density at radius 3 is 3.11 bits per heavy atom. The molecule has 1 fully saturated rings. The third-order valence-corrected chi connectivity index (χ3v) is 4.58. The first kappa shape index (κ1) is 13.2. The van der Waals surface area contributed by atoms with E-state index in [0.717, 1.165) is 6.29 Å². The number of aldehydes is 1. The number of rotatable bonds is 4. The van der Waals surface area contributed by atoms with Gasteiger partial charge >= 0.3 is 0 Å². The zero-order valence-electron chi connectivity index (χ0n) is 9.79. The largest absolute Gasteiger partial charge is 0.297 e. The van der Waals surface area contributed by atoms with Crippen molar-refractivity contribution in [2.45, 2.75) is 13.3 Å². The minimum absolute atomic E-state index is 0.0101. The summed E-state index contributed by atoms with van der Waals surface area (Å²) in [7, 11) is 0. The molecule has 0 aromatic carbocycles. The lowest BCUT2D eigenvalue weighted by molar-refractivity contribution is -0.117. The predicted molar refractivity (Wildman–Crippen MR) is 71.1 cm³/mol. The van der Waals surface area contributed by atoms with Crippen molar-refractivity contribution < 1.29 is 14.4 Å². The highest BCUT2D eigenvalue weighted by Crippen LogP contribution is 2.29. The number of thioether (sulfide) groups is 1. The van der Waals surface area contributed by atoms with E-state index in [1.54, 1.807) is 4.90 Å². The van der Waals surface area contributed by atoms with Crippen LogP contribution in [-0.2, 0) is 9.59 Å². The van der Waals surface area contributed by atoms with E-state index in [1.807, 2.05) is 0 Å². The smallest absolute Gasteiger partial charge is 0.229 e. The van der Waals surface area contributed by atoms with Gasteiger partial charge in [-0.3, -0.25) is 19.3 Å². The zero-order chi connectivity index (χ0) is 13.1. The Kier molecular flexibility index (Phi) is 4.13. The molecule has 0 bridgehead atoms.